The van der Waals surface area contributed by atoms with Gasteiger partial charge in [0.2, 0.25) is 5.91 Å². The molecule has 0 fully saturated rings. The van der Waals surface area contributed by atoms with Gasteiger partial charge in [-0.25, -0.2) is 0 Å². The first-order valence-corrected chi connectivity index (χ1v) is 27.6. The molecule has 0 aliphatic heterocycles. The quantitative estimate of drug-likeness (QED) is 0.0321. The number of rotatable bonds is 51. The van der Waals surface area contributed by atoms with E-state index in [-0.39, 0.29) is 18.5 Å². The lowest BCUT2D eigenvalue weighted by Gasteiger charge is -2.20. The van der Waals surface area contributed by atoms with Gasteiger partial charge in [0.15, 0.2) is 0 Å². The second kappa shape index (κ2) is 52.0. The van der Waals surface area contributed by atoms with E-state index >= 15 is 0 Å². The number of ether oxygens (including phenoxy) is 1. The van der Waals surface area contributed by atoms with Gasteiger partial charge in [0, 0.05) is 12.8 Å². The molecular weight excluding hydrogens is 767 g/mol. The van der Waals surface area contributed by atoms with E-state index in [9.17, 15) is 19.8 Å². The van der Waals surface area contributed by atoms with Gasteiger partial charge >= 0.3 is 5.97 Å². The molecule has 2 atom stereocenters. The minimum atomic E-state index is -0.845. The predicted molar refractivity (Wildman–Crippen MR) is 269 cm³/mol. The molecule has 0 radical (unpaired) electrons. The van der Waals surface area contributed by atoms with Gasteiger partial charge in [0.25, 0.3) is 0 Å². The molecule has 0 aliphatic rings. The Bertz CT molecular complexity index is 966. The topological polar surface area (TPSA) is 95.9 Å². The number of esters is 1. The van der Waals surface area contributed by atoms with Crippen LogP contribution in [0.15, 0.2) is 24.3 Å². The van der Waals surface area contributed by atoms with Crippen molar-refractivity contribution < 1.29 is 24.5 Å². The van der Waals surface area contributed by atoms with Gasteiger partial charge in [-0.1, -0.05) is 250 Å². The molecule has 6 heteroatoms. The number of hydrogen-bond acceptors (Lipinski definition) is 5. The van der Waals surface area contributed by atoms with Gasteiger partial charge in [0.05, 0.1) is 25.4 Å². The zero-order valence-corrected chi connectivity index (χ0v) is 41.6. The van der Waals surface area contributed by atoms with Crippen LogP contribution in [0.1, 0.15) is 296 Å². The number of amides is 1. The summed E-state index contributed by atoms with van der Waals surface area (Å²) in [5.41, 5.74) is 0. The highest BCUT2D eigenvalue weighted by molar-refractivity contribution is 5.76. The lowest BCUT2D eigenvalue weighted by atomic mass is 10.0. The third-order valence-electron chi connectivity index (χ3n) is 12.7. The zero-order chi connectivity index (χ0) is 45.1. The molecule has 1 amide bonds. The number of nitrogens with one attached hydrogen (secondary N) is 1. The van der Waals surface area contributed by atoms with Crippen LogP contribution in [0.5, 0.6) is 0 Å². The average Bonchev–Trinajstić information content (AvgIpc) is 3.27. The minimum Gasteiger partial charge on any atom is -0.466 e. The predicted octanol–water partition coefficient (Wildman–Crippen LogP) is 16.7. The van der Waals surface area contributed by atoms with Crippen molar-refractivity contribution in [3.8, 4) is 0 Å². The highest BCUT2D eigenvalue weighted by atomic mass is 16.5. The van der Waals surface area contributed by atoms with Crippen molar-refractivity contribution in [3.05, 3.63) is 24.3 Å². The summed E-state index contributed by atoms with van der Waals surface area (Å²) < 4.78 is 5.47. The van der Waals surface area contributed by atoms with Gasteiger partial charge in [-0.05, 0) is 57.8 Å². The molecule has 2 unspecified atom stereocenters. The number of carbonyl (C=O) groups is 2. The normalized spacial score (nSPS) is 12.8. The summed E-state index contributed by atoms with van der Waals surface area (Å²) in [7, 11) is 0. The lowest BCUT2D eigenvalue weighted by Crippen LogP contribution is -2.45. The van der Waals surface area contributed by atoms with E-state index < -0.39 is 12.1 Å². The molecule has 0 saturated heterocycles. The minimum absolute atomic E-state index is 0.0113. The van der Waals surface area contributed by atoms with Crippen molar-refractivity contribution in [3.63, 3.8) is 0 Å². The fraction of sp³-hybridized carbons (Fsp3) is 0.893. The summed E-state index contributed by atoms with van der Waals surface area (Å²) in [6.07, 6.45) is 62.0. The number of hydrogen-bond donors (Lipinski definition) is 3. The Morgan fingerprint density at radius 1 is 0.435 bits per heavy atom. The van der Waals surface area contributed by atoms with Crippen LogP contribution in [0.25, 0.3) is 0 Å². The molecule has 0 aromatic rings. The van der Waals surface area contributed by atoms with E-state index in [1.165, 1.54) is 225 Å². The van der Waals surface area contributed by atoms with Crippen molar-refractivity contribution in [2.24, 2.45) is 0 Å². The monoisotopic (exact) mass is 874 g/mol. The van der Waals surface area contributed by atoms with Crippen molar-refractivity contribution >= 4 is 11.9 Å². The van der Waals surface area contributed by atoms with Crippen LogP contribution in [-0.4, -0.2) is 47.4 Å². The maximum absolute atomic E-state index is 12.4. The lowest BCUT2D eigenvalue weighted by molar-refractivity contribution is -0.143. The van der Waals surface area contributed by atoms with Crippen LogP contribution < -0.4 is 5.32 Å². The number of unbranched alkanes of at least 4 members (excludes halogenated alkanes) is 38. The average molecular weight is 874 g/mol. The summed E-state index contributed by atoms with van der Waals surface area (Å²) in [5.74, 6) is -0.0647. The van der Waals surface area contributed by atoms with Crippen molar-refractivity contribution in [2.45, 2.75) is 309 Å². The summed E-state index contributed by atoms with van der Waals surface area (Å²) >= 11 is 0. The van der Waals surface area contributed by atoms with Gasteiger partial charge in [-0.3, -0.25) is 9.59 Å². The fourth-order valence-corrected chi connectivity index (χ4v) is 8.45. The molecule has 0 aromatic carbocycles. The summed E-state index contributed by atoms with van der Waals surface area (Å²) in [6.45, 7) is 4.88. The largest absolute Gasteiger partial charge is 0.466 e. The van der Waals surface area contributed by atoms with Gasteiger partial charge in [-0.2, -0.15) is 0 Å². The van der Waals surface area contributed by atoms with E-state index in [0.717, 1.165) is 44.9 Å². The number of aliphatic hydroxyl groups excluding tert-OH is 2. The van der Waals surface area contributed by atoms with Crippen LogP contribution in [0.2, 0.25) is 0 Å². The first-order chi connectivity index (χ1) is 30.5. The highest BCUT2D eigenvalue weighted by Crippen LogP contribution is 2.16. The van der Waals surface area contributed by atoms with E-state index in [1.54, 1.807) is 6.08 Å². The first-order valence-electron chi connectivity index (χ1n) is 27.6. The zero-order valence-electron chi connectivity index (χ0n) is 41.6. The molecule has 0 rings (SSSR count). The molecule has 0 aromatic heterocycles. The van der Waals surface area contributed by atoms with Crippen LogP contribution in [0.3, 0.4) is 0 Å². The van der Waals surface area contributed by atoms with Crippen LogP contribution in [-0.2, 0) is 14.3 Å². The molecule has 0 bridgehead atoms. The Hall–Kier alpha value is -1.66. The molecule has 366 valence electrons. The van der Waals surface area contributed by atoms with E-state index in [4.69, 9.17) is 4.74 Å². The van der Waals surface area contributed by atoms with Crippen molar-refractivity contribution in [1.29, 1.82) is 0 Å². The second-order valence-corrected chi connectivity index (χ2v) is 18.9. The third kappa shape index (κ3) is 47.8. The molecule has 62 heavy (non-hydrogen) atoms. The molecule has 3 N–H and O–H groups in total. The first kappa shape index (κ1) is 60.3. The van der Waals surface area contributed by atoms with E-state index in [0.29, 0.717) is 19.4 Å². The number of carbonyl (C=O) groups excluding carboxylic acids is 2. The maximum Gasteiger partial charge on any atom is 0.305 e. The van der Waals surface area contributed by atoms with Crippen molar-refractivity contribution in [1.82, 2.24) is 5.32 Å². The Balaban J connectivity index is 3.41. The van der Waals surface area contributed by atoms with Gasteiger partial charge in [-0.15, -0.1) is 0 Å². The molecule has 0 spiro atoms. The smallest absolute Gasteiger partial charge is 0.305 e. The van der Waals surface area contributed by atoms with Crippen LogP contribution >= 0.6 is 0 Å². The Morgan fingerprint density at radius 3 is 1.15 bits per heavy atom. The van der Waals surface area contributed by atoms with E-state index in [2.05, 4.69) is 31.3 Å². The van der Waals surface area contributed by atoms with Crippen molar-refractivity contribution in [2.75, 3.05) is 13.2 Å². The highest BCUT2D eigenvalue weighted by Gasteiger charge is 2.18. The molecular formula is C56H107NO5. The molecule has 0 aliphatic carbocycles. The molecule has 6 nitrogen and oxygen atoms in total. The molecule has 0 saturated carbocycles. The third-order valence-corrected chi connectivity index (χ3v) is 12.7. The Morgan fingerprint density at radius 2 is 0.758 bits per heavy atom. The standard InChI is InChI=1S/C56H107NO5/c1-3-5-7-9-11-13-15-30-34-38-42-46-50-56(61)62-51-47-43-39-35-31-28-26-24-22-20-18-16-17-19-21-23-25-27-29-33-37-41-45-49-55(60)57-53(52-58)54(59)48-44-40-36-32-14-12-10-8-6-4-2/h19,21,44,48,53-54,58-59H,3-18,20,22-43,45-47,49-52H2,1-2H3,(H,57,60)/b21-19-,48-44+. The number of allylic oxidation sites excluding steroid dienone is 3. The fourth-order valence-electron chi connectivity index (χ4n) is 8.45. The Kier molecular flexibility index (Phi) is 50.6. The van der Waals surface area contributed by atoms with Gasteiger partial charge in [0.1, 0.15) is 0 Å². The summed E-state index contributed by atoms with van der Waals surface area (Å²) in [4.78, 5) is 24.4. The molecule has 0 heterocycles. The maximum atomic E-state index is 12.4. The summed E-state index contributed by atoms with van der Waals surface area (Å²) in [6, 6.07) is -0.630. The summed E-state index contributed by atoms with van der Waals surface area (Å²) in [5, 5.41) is 22.9. The number of aliphatic hydroxyl groups is 2. The Labute approximate surface area is 386 Å². The van der Waals surface area contributed by atoms with E-state index in [1.807, 2.05) is 6.08 Å². The second-order valence-electron chi connectivity index (χ2n) is 18.9. The van der Waals surface area contributed by atoms with Gasteiger partial charge < -0.3 is 20.3 Å². The van der Waals surface area contributed by atoms with Crippen LogP contribution in [0.4, 0.5) is 0 Å². The van der Waals surface area contributed by atoms with Crippen LogP contribution in [0, 0.1) is 0 Å². The SMILES string of the molecule is CCCCCCCCCC/C=C/C(O)C(CO)NC(=O)CCCCCCCCC/C=C\CCCCCCCCCCCCCCOC(=O)CCCCCCCCCCCCCC.